The monoisotopic (exact) mass is 154 g/mol. The average Bonchev–Trinajstić information content (AvgIpc) is 2.07. The van der Waals surface area contributed by atoms with E-state index in [0.717, 1.165) is 0 Å². The van der Waals surface area contributed by atoms with Crippen LogP contribution in [0.5, 0.6) is 5.75 Å². The van der Waals surface area contributed by atoms with Gasteiger partial charge in [0.05, 0.1) is 5.69 Å². The van der Waals surface area contributed by atoms with Gasteiger partial charge in [0.15, 0.2) is 0 Å². The number of nitrogens with one attached hydrogen (secondary N) is 1. The van der Waals surface area contributed by atoms with Crippen LogP contribution < -0.4 is 5.32 Å². The zero-order valence-corrected chi connectivity index (χ0v) is 5.66. The molecule has 0 aliphatic rings. The topological polar surface area (TPSA) is 49.3 Å². The highest BCUT2D eigenvalue weighted by Gasteiger charge is 1.98. The standard InChI is InChI=1S/C8H9NO2/c1-6(10)9-7-4-2-3-5-8(7)11/h2-5,11H,1H3,(H,9,10)/i1D3. The minimum Gasteiger partial charge on any atom is -0.506 e. The van der Waals surface area contributed by atoms with Crippen LogP contribution >= 0.6 is 0 Å². The predicted molar refractivity (Wildman–Crippen MR) is 42.4 cm³/mol. The first kappa shape index (κ1) is 4.38. The van der Waals surface area contributed by atoms with Gasteiger partial charge in [-0.25, -0.2) is 0 Å². The number of phenolic OH excluding ortho intramolecular Hbond substituents is 1. The molecule has 58 valence electrons. The molecular weight excluding hydrogens is 142 g/mol. The quantitative estimate of drug-likeness (QED) is 0.600. The van der Waals surface area contributed by atoms with Crippen LogP contribution in [0.1, 0.15) is 11.0 Å². The molecule has 0 saturated carbocycles. The third kappa shape index (κ3) is 1.97. The zero-order chi connectivity index (χ0) is 10.8. The number of aromatic hydroxyl groups is 1. The molecule has 0 unspecified atom stereocenters. The summed E-state index contributed by atoms with van der Waals surface area (Å²) in [5, 5.41) is 11.3. The molecule has 0 atom stereocenters. The maximum absolute atomic E-state index is 11.0. The molecule has 0 fully saturated rings. The minimum atomic E-state index is -2.71. The largest absolute Gasteiger partial charge is 0.506 e. The van der Waals surface area contributed by atoms with Crippen LogP contribution in [0, 0.1) is 0 Å². The second-order valence-corrected chi connectivity index (χ2v) is 1.97. The number of carbonyl (C=O) groups excluding carboxylic acids is 1. The molecule has 1 rings (SSSR count). The number of benzene rings is 1. The molecule has 11 heavy (non-hydrogen) atoms. The summed E-state index contributed by atoms with van der Waals surface area (Å²) in [6.45, 7) is -2.71. The molecular formula is C8H9NO2. The number of hydrogen-bond donors (Lipinski definition) is 2. The average molecular weight is 154 g/mol. The van der Waals surface area contributed by atoms with Gasteiger partial charge in [-0.2, -0.15) is 0 Å². The molecule has 1 amide bonds. The zero-order valence-electron chi connectivity index (χ0n) is 8.66. The lowest BCUT2D eigenvalue weighted by Gasteiger charge is -2.02. The summed E-state index contributed by atoms with van der Waals surface area (Å²) >= 11 is 0. The summed E-state index contributed by atoms with van der Waals surface area (Å²) in [6, 6.07) is 5.92. The molecule has 1 aromatic rings. The molecule has 0 saturated heterocycles. The van der Waals surface area contributed by atoms with Crippen LogP contribution in [0.3, 0.4) is 0 Å². The summed E-state index contributed by atoms with van der Waals surface area (Å²) in [6.07, 6.45) is 0. The van der Waals surface area contributed by atoms with E-state index >= 15 is 0 Å². The van der Waals surface area contributed by atoms with E-state index in [2.05, 4.69) is 5.32 Å². The van der Waals surface area contributed by atoms with E-state index in [0.29, 0.717) is 0 Å². The normalized spacial score (nSPS) is 14.4. The second kappa shape index (κ2) is 3.05. The molecule has 0 heterocycles. The highest BCUT2D eigenvalue weighted by Crippen LogP contribution is 2.20. The Balaban J connectivity index is 2.80. The van der Waals surface area contributed by atoms with Crippen molar-refractivity contribution in [1.82, 2.24) is 0 Å². The molecule has 0 bridgehead atoms. The van der Waals surface area contributed by atoms with Crippen molar-refractivity contribution < 1.29 is 14.0 Å². The number of anilines is 1. The van der Waals surface area contributed by atoms with Crippen LogP contribution in [0.4, 0.5) is 5.69 Å². The Morgan fingerprint density at radius 2 is 2.36 bits per heavy atom. The Morgan fingerprint density at radius 1 is 1.64 bits per heavy atom. The van der Waals surface area contributed by atoms with Crippen LogP contribution in [-0.4, -0.2) is 11.0 Å². The molecule has 3 nitrogen and oxygen atoms in total. The van der Waals surface area contributed by atoms with E-state index in [-0.39, 0.29) is 11.4 Å². The van der Waals surface area contributed by atoms with Crippen molar-refractivity contribution in [2.45, 2.75) is 6.85 Å². The smallest absolute Gasteiger partial charge is 0.221 e. The molecule has 0 aromatic heterocycles. The summed E-state index contributed by atoms with van der Waals surface area (Å²) in [7, 11) is 0. The lowest BCUT2D eigenvalue weighted by molar-refractivity contribution is -0.114. The summed E-state index contributed by atoms with van der Waals surface area (Å²) in [5.41, 5.74) is 0.0913. The van der Waals surface area contributed by atoms with Gasteiger partial charge in [0.1, 0.15) is 5.75 Å². The summed E-state index contributed by atoms with van der Waals surface area (Å²) < 4.78 is 20.4. The van der Waals surface area contributed by atoms with Crippen molar-refractivity contribution >= 4 is 11.6 Å². The second-order valence-electron chi connectivity index (χ2n) is 1.97. The molecule has 1 aromatic carbocycles. The van der Waals surface area contributed by atoms with E-state index in [1.165, 1.54) is 12.1 Å². The molecule has 0 spiro atoms. The van der Waals surface area contributed by atoms with Gasteiger partial charge in [0.25, 0.3) is 0 Å². The van der Waals surface area contributed by atoms with Crippen molar-refractivity contribution in [3.8, 4) is 5.75 Å². The number of para-hydroxylation sites is 2. The van der Waals surface area contributed by atoms with Gasteiger partial charge in [-0.3, -0.25) is 4.79 Å². The first-order valence-corrected chi connectivity index (χ1v) is 3.01. The Hall–Kier alpha value is -1.51. The number of phenols is 1. The first-order valence-electron chi connectivity index (χ1n) is 4.51. The van der Waals surface area contributed by atoms with Crippen molar-refractivity contribution in [3.05, 3.63) is 24.3 Å². The first-order chi connectivity index (χ1) is 6.41. The fourth-order valence-electron chi connectivity index (χ4n) is 0.702. The number of carbonyl (C=O) groups is 1. The van der Waals surface area contributed by atoms with Gasteiger partial charge < -0.3 is 10.4 Å². The highest BCUT2D eigenvalue weighted by molar-refractivity contribution is 5.90. The Labute approximate surface area is 68.9 Å². The van der Waals surface area contributed by atoms with Crippen molar-refractivity contribution in [2.24, 2.45) is 0 Å². The lowest BCUT2D eigenvalue weighted by atomic mass is 10.3. The predicted octanol–water partition coefficient (Wildman–Crippen LogP) is 1.35. The van der Waals surface area contributed by atoms with E-state index in [9.17, 15) is 9.90 Å². The SMILES string of the molecule is [2H]C([2H])([2H])C(=O)Nc1ccccc1O. The number of amides is 1. The van der Waals surface area contributed by atoms with E-state index < -0.39 is 12.8 Å². The van der Waals surface area contributed by atoms with Crippen molar-refractivity contribution in [1.29, 1.82) is 0 Å². The van der Waals surface area contributed by atoms with Crippen molar-refractivity contribution in [2.75, 3.05) is 5.32 Å². The van der Waals surface area contributed by atoms with E-state index in [4.69, 9.17) is 4.11 Å². The molecule has 0 aliphatic heterocycles. The van der Waals surface area contributed by atoms with Crippen molar-refractivity contribution in [3.63, 3.8) is 0 Å². The van der Waals surface area contributed by atoms with Crippen LogP contribution in [-0.2, 0) is 4.79 Å². The fourth-order valence-corrected chi connectivity index (χ4v) is 0.702. The van der Waals surface area contributed by atoms with Gasteiger partial charge in [0, 0.05) is 11.0 Å². The Kier molecular flexibility index (Phi) is 1.22. The van der Waals surface area contributed by atoms with Gasteiger partial charge in [-0.1, -0.05) is 12.1 Å². The Bertz CT molecular complexity index is 349. The molecule has 2 N–H and O–H groups in total. The van der Waals surface area contributed by atoms with Crippen LogP contribution in [0.15, 0.2) is 24.3 Å². The third-order valence-electron chi connectivity index (χ3n) is 1.15. The van der Waals surface area contributed by atoms with E-state index in [1.807, 2.05) is 0 Å². The summed E-state index contributed by atoms with van der Waals surface area (Å²) in [4.78, 5) is 11.0. The molecule has 3 heteroatoms. The van der Waals surface area contributed by atoms with Gasteiger partial charge in [0.2, 0.25) is 5.91 Å². The van der Waals surface area contributed by atoms with Crippen LogP contribution in [0.2, 0.25) is 0 Å². The van der Waals surface area contributed by atoms with Gasteiger partial charge >= 0.3 is 0 Å². The highest BCUT2D eigenvalue weighted by atomic mass is 16.3. The van der Waals surface area contributed by atoms with E-state index in [1.54, 1.807) is 12.1 Å². The van der Waals surface area contributed by atoms with Gasteiger partial charge in [-0.05, 0) is 12.1 Å². The lowest BCUT2D eigenvalue weighted by Crippen LogP contribution is -2.05. The fraction of sp³-hybridized carbons (Fsp3) is 0.125. The molecule has 0 radical (unpaired) electrons. The van der Waals surface area contributed by atoms with Crippen LogP contribution in [0.25, 0.3) is 0 Å². The summed E-state index contributed by atoms with van der Waals surface area (Å²) in [5.74, 6) is -1.27. The molecule has 0 aliphatic carbocycles. The number of rotatable bonds is 1. The Morgan fingerprint density at radius 3 is 3.00 bits per heavy atom. The maximum Gasteiger partial charge on any atom is 0.221 e. The number of hydrogen-bond acceptors (Lipinski definition) is 2. The third-order valence-corrected chi connectivity index (χ3v) is 1.15. The van der Waals surface area contributed by atoms with Gasteiger partial charge in [-0.15, -0.1) is 0 Å². The maximum atomic E-state index is 11.0. The minimum absolute atomic E-state index is 0.0913.